The van der Waals surface area contributed by atoms with Crippen LogP contribution in [-0.2, 0) is 13.0 Å². The molecule has 3 N–H and O–H groups in total. The number of nitrogens with zero attached hydrogens (tertiary/aromatic N) is 2. The predicted molar refractivity (Wildman–Crippen MR) is 95.5 cm³/mol. The number of hydrazine groups is 1. The van der Waals surface area contributed by atoms with Crippen LogP contribution in [0.4, 0.5) is 4.79 Å². The number of H-pyrrole nitrogens is 1. The lowest BCUT2D eigenvalue weighted by Crippen LogP contribution is -2.44. The van der Waals surface area contributed by atoms with Crippen LogP contribution in [0.1, 0.15) is 11.1 Å². The highest BCUT2D eigenvalue weighted by atomic mass is 35.5. The quantitative estimate of drug-likeness (QED) is 0.577. The molecule has 0 aliphatic rings. The fourth-order valence-corrected chi connectivity index (χ4v) is 2.90. The molecule has 7 heteroatoms. The van der Waals surface area contributed by atoms with E-state index < -0.39 is 6.09 Å². The molecule has 0 saturated heterocycles. The summed E-state index contributed by atoms with van der Waals surface area (Å²) in [5.74, 6) is 0. The van der Waals surface area contributed by atoms with Gasteiger partial charge in [-0.15, -0.1) is 0 Å². The van der Waals surface area contributed by atoms with E-state index in [1.807, 2.05) is 48.7 Å². The van der Waals surface area contributed by atoms with Gasteiger partial charge in [0.1, 0.15) is 0 Å². The van der Waals surface area contributed by atoms with Crippen LogP contribution in [-0.4, -0.2) is 38.1 Å². The fourth-order valence-electron chi connectivity index (χ4n) is 2.73. The highest BCUT2D eigenvalue weighted by molar-refractivity contribution is 6.31. The number of hydrogen-bond donors (Lipinski definition) is 3. The number of aromatic amines is 1. The van der Waals surface area contributed by atoms with E-state index in [0.717, 1.165) is 32.2 Å². The fraction of sp³-hybridized carbons (Fsp3) is 0.167. The Morgan fingerprint density at radius 1 is 1.16 bits per heavy atom. The van der Waals surface area contributed by atoms with Crippen molar-refractivity contribution in [1.29, 1.82) is 0 Å². The average Bonchev–Trinajstić information content (AvgIpc) is 2.98. The lowest BCUT2D eigenvalue weighted by molar-refractivity contribution is -0.233. The third-order valence-electron chi connectivity index (χ3n) is 3.99. The summed E-state index contributed by atoms with van der Waals surface area (Å²) in [6.07, 6.45) is 1.06. The first-order valence-corrected chi connectivity index (χ1v) is 8.18. The second kappa shape index (κ2) is 7.57. The lowest BCUT2D eigenvalue weighted by Gasteiger charge is -2.27. The SMILES string of the molecule is O=C(O)N(CCc1c[nH]c2ccc(Cl)cc12)N(O)Cc1ccccc1. The van der Waals surface area contributed by atoms with E-state index in [1.54, 1.807) is 6.07 Å². The van der Waals surface area contributed by atoms with Crippen LogP contribution in [0.2, 0.25) is 5.02 Å². The summed E-state index contributed by atoms with van der Waals surface area (Å²) in [5, 5.41) is 22.8. The Morgan fingerprint density at radius 3 is 2.64 bits per heavy atom. The smallest absolute Gasteiger partial charge is 0.423 e. The van der Waals surface area contributed by atoms with Crippen molar-refractivity contribution >= 4 is 28.6 Å². The maximum atomic E-state index is 11.5. The minimum Gasteiger partial charge on any atom is -0.464 e. The van der Waals surface area contributed by atoms with Gasteiger partial charge in [-0.2, -0.15) is 0 Å². The largest absolute Gasteiger partial charge is 0.464 e. The molecule has 25 heavy (non-hydrogen) atoms. The molecule has 2 aromatic carbocycles. The Hall–Kier alpha value is -2.54. The topological polar surface area (TPSA) is 79.8 Å². The molecule has 0 aliphatic carbocycles. The molecule has 3 aromatic rings. The number of carboxylic acid groups (broad SMARTS) is 1. The molecule has 3 rings (SSSR count). The van der Waals surface area contributed by atoms with Gasteiger partial charge in [-0.3, -0.25) is 5.21 Å². The summed E-state index contributed by atoms with van der Waals surface area (Å²) >= 11 is 6.03. The summed E-state index contributed by atoms with van der Waals surface area (Å²) in [6.45, 7) is 0.213. The maximum absolute atomic E-state index is 11.5. The van der Waals surface area contributed by atoms with Gasteiger partial charge in [0.15, 0.2) is 0 Å². The maximum Gasteiger partial charge on any atom is 0.423 e. The minimum absolute atomic E-state index is 0.0901. The molecule has 1 heterocycles. The second-order valence-corrected chi connectivity index (χ2v) is 6.11. The molecule has 0 fully saturated rings. The van der Waals surface area contributed by atoms with Crippen LogP contribution in [0, 0.1) is 0 Å². The van der Waals surface area contributed by atoms with Gasteiger partial charge < -0.3 is 10.1 Å². The van der Waals surface area contributed by atoms with Crippen LogP contribution in [0.25, 0.3) is 10.9 Å². The molecule has 0 unspecified atom stereocenters. The van der Waals surface area contributed by atoms with E-state index in [-0.39, 0.29) is 13.1 Å². The molecular weight excluding hydrogens is 342 g/mol. The minimum atomic E-state index is -1.21. The Morgan fingerprint density at radius 2 is 1.92 bits per heavy atom. The number of fused-ring (bicyclic) bond motifs is 1. The second-order valence-electron chi connectivity index (χ2n) is 5.68. The van der Waals surface area contributed by atoms with Gasteiger partial charge in [-0.1, -0.05) is 47.1 Å². The molecular formula is C18H18ClN3O3. The molecule has 0 bridgehead atoms. The number of hydrogen-bond acceptors (Lipinski definition) is 3. The standard InChI is InChI=1S/C18H18ClN3O3/c19-15-6-7-17-16(10-15)14(11-20-17)8-9-21(18(23)24)22(25)12-13-4-2-1-3-5-13/h1-7,10-11,20,25H,8-9,12H2,(H,23,24). The number of nitrogens with one attached hydrogen (secondary N) is 1. The average molecular weight is 360 g/mol. The first-order chi connectivity index (χ1) is 12.0. The van der Waals surface area contributed by atoms with Gasteiger partial charge in [0, 0.05) is 28.7 Å². The third-order valence-corrected chi connectivity index (χ3v) is 4.22. The molecule has 0 saturated carbocycles. The number of halogens is 1. The molecule has 0 spiro atoms. The molecule has 1 amide bonds. The molecule has 6 nitrogen and oxygen atoms in total. The Bertz CT molecular complexity index is 866. The van der Waals surface area contributed by atoms with Crippen molar-refractivity contribution in [3.63, 3.8) is 0 Å². The van der Waals surface area contributed by atoms with Gasteiger partial charge in [0.05, 0.1) is 6.54 Å². The number of hydroxylamine groups is 1. The third kappa shape index (κ3) is 4.11. The molecule has 1 aromatic heterocycles. The van der Waals surface area contributed by atoms with Gasteiger partial charge in [0.2, 0.25) is 0 Å². The van der Waals surface area contributed by atoms with Crippen LogP contribution < -0.4 is 0 Å². The zero-order valence-corrected chi connectivity index (χ0v) is 14.1. The highest BCUT2D eigenvalue weighted by Gasteiger charge is 2.20. The monoisotopic (exact) mass is 359 g/mol. The summed E-state index contributed by atoms with van der Waals surface area (Å²) < 4.78 is 0. The van der Waals surface area contributed by atoms with E-state index in [4.69, 9.17) is 11.6 Å². The van der Waals surface area contributed by atoms with Crippen LogP contribution in [0.15, 0.2) is 54.7 Å². The van der Waals surface area contributed by atoms with E-state index in [1.165, 1.54) is 0 Å². The first-order valence-electron chi connectivity index (χ1n) is 7.81. The Kier molecular flexibility index (Phi) is 5.23. The van der Waals surface area contributed by atoms with Crippen molar-refractivity contribution < 1.29 is 15.1 Å². The van der Waals surface area contributed by atoms with Gasteiger partial charge in [-0.05, 0) is 35.7 Å². The molecule has 0 atom stereocenters. The van der Waals surface area contributed by atoms with Crippen LogP contribution >= 0.6 is 11.6 Å². The summed E-state index contributed by atoms with van der Waals surface area (Å²) in [4.78, 5) is 14.6. The van der Waals surface area contributed by atoms with E-state index in [0.29, 0.717) is 11.4 Å². The summed E-state index contributed by atoms with van der Waals surface area (Å²) in [7, 11) is 0. The van der Waals surface area contributed by atoms with Gasteiger partial charge in [-0.25, -0.2) is 9.80 Å². The summed E-state index contributed by atoms with van der Waals surface area (Å²) in [5.41, 5.74) is 2.69. The lowest BCUT2D eigenvalue weighted by atomic mass is 10.1. The molecule has 0 radical (unpaired) electrons. The van der Waals surface area contributed by atoms with Crippen molar-refractivity contribution in [2.75, 3.05) is 6.54 Å². The van der Waals surface area contributed by atoms with E-state index in [2.05, 4.69) is 4.98 Å². The Labute approximate surface area is 149 Å². The normalized spacial score (nSPS) is 11.2. The summed E-state index contributed by atoms with van der Waals surface area (Å²) in [6, 6.07) is 14.7. The van der Waals surface area contributed by atoms with E-state index in [9.17, 15) is 15.1 Å². The van der Waals surface area contributed by atoms with Gasteiger partial charge in [0.25, 0.3) is 0 Å². The molecule has 0 aliphatic heterocycles. The van der Waals surface area contributed by atoms with Crippen molar-refractivity contribution in [3.8, 4) is 0 Å². The van der Waals surface area contributed by atoms with Crippen molar-refractivity contribution in [3.05, 3.63) is 70.9 Å². The first kappa shape index (κ1) is 17.3. The van der Waals surface area contributed by atoms with E-state index >= 15 is 0 Å². The van der Waals surface area contributed by atoms with Crippen molar-refractivity contribution in [2.45, 2.75) is 13.0 Å². The van der Waals surface area contributed by atoms with Crippen LogP contribution in [0.5, 0.6) is 0 Å². The Balaban J connectivity index is 1.71. The van der Waals surface area contributed by atoms with Gasteiger partial charge >= 0.3 is 6.09 Å². The number of carbonyl (C=O) groups is 1. The van der Waals surface area contributed by atoms with Crippen molar-refractivity contribution in [1.82, 2.24) is 15.2 Å². The van der Waals surface area contributed by atoms with Crippen LogP contribution in [0.3, 0.4) is 0 Å². The number of benzene rings is 2. The number of amides is 1. The number of rotatable bonds is 6. The molecule has 130 valence electrons. The zero-order valence-electron chi connectivity index (χ0n) is 13.4. The van der Waals surface area contributed by atoms with Crippen molar-refractivity contribution in [2.24, 2.45) is 0 Å². The number of aromatic nitrogens is 1. The predicted octanol–water partition coefficient (Wildman–Crippen LogP) is 4.15. The zero-order chi connectivity index (χ0) is 17.8. The highest BCUT2D eigenvalue weighted by Crippen LogP contribution is 2.23.